The normalized spacial score (nSPS) is 11.2. The number of nitrogens with one attached hydrogen (secondary N) is 1. The molecule has 0 bridgehead atoms. The van der Waals surface area contributed by atoms with Gasteiger partial charge in [0.25, 0.3) is 0 Å². The number of fused-ring (bicyclic) bond motifs is 1. The molecule has 0 radical (unpaired) electrons. The van der Waals surface area contributed by atoms with Crippen LogP contribution in [0.4, 0.5) is 5.95 Å². The summed E-state index contributed by atoms with van der Waals surface area (Å²) in [5.41, 5.74) is 8.40. The summed E-state index contributed by atoms with van der Waals surface area (Å²) >= 11 is 0. The van der Waals surface area contributed by atoms with Crippen molar-refractivity contribution in [1.29, 1.82) is 0 Å². The van der Waals surface area contributed by atoms with Gasteiger partial charge in [-0.15, -0.1) is 0 Å². The number of nitrogens with two attached hydrogens (primary N) is 1. The fourth-order valence-electron chi connectivity index (χ4n) is 1.96. The van der Waals surface area contributed by atoms with Gasteiger partial charge in [-0.2, -0.15) is 0 Å². The first-order valence-electron chi connectivity index (χ1n) is 6.35. The zero-order valence-corrected chi connectivity index (χ0v) is 11.5. The number of carbonyl (C=O) groups excluding carboxylic acids is 1. The second-order valence-corrected chi connectivity index (χ2v) is 4.95. The molecule has 0 spiro atoms. The van der Waals surface area contributed by atoms with Gasteiger partial charge in [0, 0.05) is 25.2 Å². The lowest BCUT2D eigenvalue weighted by molar-refractivity contribution is -0.121. The minimum atomic E-state index is 0.00311. The minimum Gasteiger partial charge on any atom is -0.369 e. The molecule has 0 fully saturated rings. The Kier molecular flexibility index (Phi) is 3.69. The molecule has 2 aromatic heterocycles. The van der Waals surface area contributed by atoms with Gasteiger partial charge in [0.1, 0.15) is 5.52 Å². The van der Waals surface area contributed by atoms with E-state index in [1.165, 1.54) is 0 Å². The minimum absolute atomic E-state index is 0.00311. The molecule has 0 unspecified atom stereocenters. The van der Waals surface area contributed by atoms with Crippen LogP contribution in [0.1, 0.15) is 25.8 Å². The van der Waals surface area contributed by atoms with E-state index < -0.39 is 0 Å². The Bertz CT molecular complexity index is 602. The number of aromatic nitrogens is 3. The molecule has 0 aliphatic carbocycles. The molecule has 2 heterocycles. The molecule has 0 aromatic carbocycles. The SMILES string of the molecule is Cc1cnc2c(c1)nc(N)n2CCC(=O)NC(C)C. The van der Waals surface area contributed by atoms with Crippen LogP contribution in [-0.2, 0) is 11.3 Å². The van der Waals surface area contributed by atoms with Crippen LogP contribution in [0.5, 0.6) is 0 Å². The Morgan fingerprint density at radius 3 is 2.95 bits per heavy atom. The first-order chi connectivity index (χ1) is 8.97. The summed E-state index contributed by atoms with van der Waals surface area (Å²) in [6.07, 6.45) is 2.14. The van der Waals surface area contributed by atoms with E-state index in [0.717, 1.165) is 16.7 Å². The summed E-state index contributed by atoms with van der Waals surface area (Å²) in [7, 11) is 0. The van der Waals surface area contributed by atoms with E-state index in [9.17, 15) is 4.79 Å². The van der Waals surface area contributed by atoms with Gasteiger partial charge in [-0.1, -0.05) is 0 Å². The number of amides is 1. The van der Waals surface area contributed by atoms with Gasteiger partial charge in [-0.25, -0.2) is 9.97 Å². The predicted molar refractivity (Wildman–Crippen MR) is 74.6 cm³/mol. The molecule has 19 heavy (non-hydrogen) atoms. The fraction of sp³-hybridized carbons (Fsp3) is 0.462. The van der Waals surface area contributed by atoms with Crippen molar-refractivity contribution < 1.29 is 4.79 Å². The lowest BCUT2D eigenvalue weighted by Crippen LogP contribution is -2.30. The first kappa shape index (κ1) is 13.3. The van der Waals surface area contributed by atoms with Crippen molar-refractivity contribution in [2.45, 2.75) is 39.8 Å². The summed E-state index contributed by atoms with van der Waals surface area (Å²) < 4.78 is 1.77. The molecule has 6 nitrogen and oxygen atoms in total. The standard InChI is InChI=1S/C13H19N5O/c1-8(2)16-11(19)4-5-18-12-10(17-13(18)14)6-9(3)7-15-12/h6-8H,4-5H2,1-3H3,(H2,14,17)(H,16,19). The van der Waals surface area contributed by atoms with Crippen molar-refractivity contribution in [3.05, 3.63) is 17.8 Å². The number of pyridine rings is 1. The number of nitrogen functional groups attached to an aromatic ring is 1. The molecule has 1 amide bonds. The third kappa shape index (κ3) is 3.01. The Balaban J connectivity index is 2.16. The van der Waals surface area contributed by atoms with Gasteiger partial charge < -0.3 is 11.1 Å². The second kappa shape index (κ2) is 5.26. The number of hydrogen-bond acceptors (Lipinski definition) is 4. The number of carbonyl (C=O) groups is 1. The van der Waals surface area contributed by atoms with E-state index in [0.29, 0.717) is 18.9 Å². The predicted octanol–water partition coefficient (Wildman–Crippen LogP) is 1.24. The quantitative estimate of drug-likeness (QED) is 0.867. The van der Waals surface area contributed by atoms with Crippen LogP contribution in [0.25, 0.3) is 11.2 Å². The van der Waals surface area contributed by atoms with Crippen LogP contribution < -0.4 is 11.1 Å². The van der Waals surface area contributed by atoms with E-state index >= 15 is 0 Å². The van der Waals surface area contributed by atoms with Crippen molar-refractivity contribution in [2.75, 3.05) is 5.73 Å². The molecule has 0 saturated carbocycles. The largest absolute Gasteiger partial charge is 0.369 e. The Labute approximate surface area is 112 Å². The molecule has 102 valence electrons. The molecule has 0 aliphatic rings. The third-order valence-corrected chi connectivity index (χ3v) is 2.76. The Hall–Kier alpha value is -2.11. The van der Waals surface area contributed by atoms with Crippen LogP contribution in [0.2, 0.25) is 0 Å². The number of hydrogen-bond donors (Lipinski definition) is 2. The highest BCUT2D eigenvalue weighted by Crippen LogP contribution is 2.16. The monoisotopic (exact) mass is 261 g/mol. The highest BCUT2D eigenvalue weighted by Gasteiger charge is 2.11. The van der Waals surface area contributed by atoms with Crippen molar-refractivity contribution in [2.24, 2.45) is 0 Å². The van der Waals surface area contributed by atoms with Crippen molar-refractivity contribution in [3.8, 4) is 0 Å². The summed E-state index contributed by atoms with van der Waals surface area (Å²) in [5.74, 6) is 0.397. The van der Waals surface area contributed by atoms with Crippen LogP contribution in [-0.4, -0.2) is 26.5 Å². The third-order valence-electron chi connectivity index (χ3n) is 2.76. The zero-order chi connectivity index (χ0) is 14.0. The van der Waals surface area contributed by atoms with Gasteiger partial charge in [0.15, 0.2) is 5.65 Å². The maximum absolute atomic E-state index is 11.6. The van der Waals surface area contributed by atoms with Crippen LogP contribution >= 0.6 is 0 Å². The summed E-state index contributed by atoms with van der Waals surface area (Å²) in [6.45, 7) is 6.31. The molecule has 3 N–H and O–H groups in total. The molecular formula is C13H19N5O. The van der Waals surface area contributed by atoms with Crippen LogP contribution in [0.3, 0.4) is 0 Å². The number of nitrogens with zero attached hydrogens (tertiary/aromatic N) is 3. The average Bonchev–Trinajstić information content (AvgIpc) is 2.60. The lowest BCUT2D eigenvalue weighted by atomic mass is 10.3. The fourth-order valence-corrected chi connectivity index (χ4v) is 1.96. The van der Waals surface area contributed by atoms with E-state index in [-0.39, 0.29) is 11.9 Å². The number of aryl methyl sites for hydroxylation is 2. The highest BCUT2D eigenvalue weighted by molar-refractivity contribution is 5.77. The lowest BCUT2D eigenvalue weighted by Gasteiger charge is -2.09. The van der Waals surface area contributed by atoms with Crippen LogP contribution in [0.15, 0.2) is 12.3 Å². The van der Waals surface area contributed by atoms with Crippen molar-refractivity contribution in [3.63, 3.8) is 0 Å². The van der Waals surface area contributed by atoms with Gasteiger partial charge in [-0.05, 0) is 32.4 Å². The van der Waals surface area contributed by atoms with E-state index in [4.69, 9.17) is 5.73 Å². The van der Waals surface area contributed by atoms with E-state index in [1.807, 2.05) is 26.8 Å². The van der Waals surface area contributed by atoms with Crippen molar-refractivity contribution in [1.82, 2.24) is 19.9 Å². The smallest absolute Gasteiger partial charge is 0.221 e. The number of anilines is 1. The van der Waals surface area contributed by atoms with Gasteiger partial charge in [0.05, 0.1) is 0 Å². The van der Waals surface area contributed by atoms with Gasteiger partial charge in [-0.3, -0.25) is 9.36 Å². The first-order valence-corrected chi connectivity index (χ1v) is 6.35. The topological polar surface area (TPSA) is 85.8 Å². The maximum atomic E-state index is 11.6. The van der Waals surface area contributed by atoms with E-state index in [1.54, 1.807) is 10.8 Å². The molecule has 6 heteroatoms. The molecule has 2 rings (SSSR count). The van der Waals surface area contributed by atoms with Crippen molar-refractivity contribution >= 4 is 23.0 Å². The maximum Gasteiger partial charge on any atom is 0.221 e. The second-order valence-electron chi connectivity index (χ2n) is 4.95. The number of rotatable bonds is 4. The van der Waals surface area contributed by atoms with E-state index in [2.05, 4.69) is 15.3 Å². The summed E-state index contributed by atoms with van der Waals surface area (Å²) in [5, 5.41) is 2.85. The summed E-state index contributed by atoms with van der Waals surface area (Å²) in [6, 6.07) is 2.08. The molecule has 0 aliphatic heterocycles. The summed E-state index contributed by atoms with van der Waals surface area (Å²) in [4.78, 5) is 20.2. The number of imidazole rings is 1. The molecule has 0 atom stereocenters. The molecule has 0 saturated heterocycles. The Morgan fingerprint density at radius 2 is 2.26 bits per heavy atom. The van der Waals surface area contributed by atoms with Crippen LogP contribution in [0, 0.1) is 6.92 Å². The average molecular weight is 261 g/mol. The Morgan fingerprint density at radius 1 is 1.53 bits per heavy atom. The molecule has 2 aromatic rings. The zero-order valence-electron chi connectivity index (χ0n) is 11.5. The highest BCUT2D eigenvalue weighted by atomic mass is 16.1. The molecular weight excluding hydrogens is 242 g/mol. The van der Waals surface area contributed by atoms with Gasteiger partial charge in [0.2, 0.25) is 11.9 Å². The van der Waals surface area contributed by atoms with Gasteiger partial charge >= 0.3 is 0 Å².